The molecule has 0 bridgehead atoms. The summed E-state index contributed by atoms with van der Waals surface area (Å²) < 4.78 is 32.0. The van der Waals surface area contributed by atoms with Gasteiger partial charge in [0.05, 0.1) is 17.0 Å². The maximum atomic E-state index is 12.2. The molecular weight excluding hydrogens is 410 g/mol. The number of hydrogen-bond acceptors (Lipinski definition) is 6. The molecule has 0 saturated carbocycles. The minimum Gasteiger partial charge on any atom is -0.452 e. The van der Waals surface area contributed by atoms with Crippen molar-refractivity contribution in [1.82, 2.24) is 14.9 Å². The van der Waals surface area contributed by atoms with E-state index in [1.807, 2.05) is 27.7 Å². The van der Waals surface area contributed by atoms with Crippen LogP contribution in [0.3, 0.4) is 0 Å². The summed E-state index contributed by atoms with van der Waals surface area (Å²) in [4.78, 5) is 37.3. The fraction of sp³-hybridized carbons (Fsp3) is 0.550. The van der Waals surface area contributed by atoms with Crippen molar-refractivity contribution >= 4 is 27.8 Å². The zero-order chi connectivity index (χ0) is 23.1. The fourth-order valence-corrected chi connectivity index (χ4v) is 3.60. The van der Waals surface area contributed by atoms with Gasteiger partial charge in [-0.05, 0) is 58.4 Å². The average molecular weight is 442 g/mol. The Kier molecular flexibility index (Phi) is 8.98. The Morgan fingerprint density at radius 2 is 1.70 bits per heavy atom. The van der Waals surface area contributed by atoms with Gasteiger partial charge in [-0.15, -0.1) is 0 Å². The van der Waals surface area contributed by atoms with Crippen LogP contribution in [0, 0.1) is 0 Å². The zero-order valence-corrected chi connectivity index (χ0v) is 19.1. The number of ether oxygens (including phenoxy) is 1. The third kappa shape index (κ3) is 8.50. The minimum absolute atomic E-state index is 0.0278. The van der Waals surface area contributed by atoms with Crippen LogP contribution in [0.25, 0.3) is 0 Å². The van der Waals surface area contributed by atoms with E-state index in [1.54, 1.807) is 6.92 Å². The van der Waals surface area contributed by atoms with Crippen LogP contribution in [0.1, 0.15) is 51.4 Å². The lowest BCUT2D eigenvalue weighted by Crippen LogP contribution is -2.46. The molecule has 10 heteroatoms. The van der Waals surface area contributed by atoms with Crippen LogP contribution in [-0.4, -0.2) is 62.9 Å². The summed E-state index contributed by atoms with van der Waals surface area (Å²) in [7, 11) is -2.24. The number of carbonyl (C=O) groups excluding carboxylic acids is 3. The van der Waals surface area contributed by atoms with Gasteiger partial charge in [0, 0.05) is 18.6 Å². The summed E-state index contributed by atoms with van der Waals surface area (Å²) in [5.41, 5.74) is -0.310. The Hall–Kier alpha value is -2.46. The normalized spacial score (nSPS) is 12.7. The van der Waals surface area contributed by atoms with Crippen LogP contribution in [0.2, 0.25) is 0 Å². The molecule has 1 aromatic rings. The van der Waals surface area contributed by atoms with Crippen LogP contribution in [0.5, 0.6) is 0 Å². The molecule has 0 fully saturated rings. The minimum atomic E-state index is -3.68. The molecule has 1 aromatic carbocycles. The summed E-state index contributed by atoms with van der Waals surface area (Å²) in [5.74, 6) is -1.63. The summed E-state index contributed by atoms with van der Waals surface area (Å²) in [6.07, 6.45) is 0.643. The third-order valence-corrected chi connectivity index (χ3v) is 5.62. The summed E-state index contributed by atoms with van der Waals surface area (Å²) in [6, 6.07) is 5.02. The number of nitrogens with zero attached hydrogens (tertiary/aromatic N) is 1. The van der Waals surface area contributed by atoms with Gasteiger partial charge in [-0.2, -0.15) is 0 Å². The van der Waals surface area contributed by atoms with Gasteiger partial charge >= 0.3 is 5.97 Å². The van der Waals surface area contributed by atoms with Crippen LogP contribution in [0.15, 0.2) is 29.2 Å². The smallest absolute Gasteiger partial charge is 0.338 e. The van der Waals surface area contributed by atoms with E-state index in [1.165, 1.54) is 31.3 Å². The van der Waals surface area contributed by atoms with E-state index < -0.39 is 34.0 Å². The number of hydrogen-bond donors (Lipinski definition) is 2. The summed E-state index contributed by atoms with van der Waals surface area (Å²) >= 11 is 0. The number of benzene rings is 1. The molecule has 0 spiro atoms. The van der Waals surface area contributed by atoms with Crippen LogP contribution in [0.4, 0.5) is 0 Å². The molecule has 0 aliphatic rings. The molecule has 0 heterocycles. The highest BCUT2D eigenvalue weighted by Gasteiger charge is 2.20. The lowest BCUT2D eigenvalue weighted by Gasteiger charge is -2.23. The van der Waals surface area contributed by atoms with Gasteiger partial charge in [0.15, 0.2) is 6.61 Å². The van der Waals surface area contributed by atoms with E-state index in [4.69, 9.17) is 4.74 Å². The number of esters is 1. The first-order valence-electron chi connectivity index (χ1n) is 9.59. The van der Waals surface area contributed by atoms with Crippen LogP contribution < -0.4 is 10.0 Å². The van der Waals surface area contributed by atoms with E-state index >= 15 is 0 Å². The van der Waals surface area contributed by atoms with Gasteiger partial charge in [0.1, 0.15) is 0 Å². The Labute approximate surface area is 178 Å². The molecule has 0 aliphatic carbocycles. The third-order valence-electron chi connectivity index (χ3n) is 4.02. The lowest BCUT2D eigenvalue weighted by atomic mass is 10.1. The van der Waals surface area contributed by atoms with E-state index in [9.17, 15) is 22.8 Å². The predicted molar refractivity (Wildman–Crippen MR) is 112 cm³/mol. The molecule has 1 atom stereocenters. The molecular formula is C20H31N3O6S. The first kappa shape index (κ1) is 25.6. The van der Waals surface area contributed by atoms with Crippen molar-refractivity contribution in [2.24, 2.45) is 0 Å². The van der Waals surface area contributed by atoms with Crippen molar-refractivity contribution in [3.63, 3.8) is 0 Å². The molecule has 168 valence electrons. The molecule has 1 unspecified atom stereocenters. The molecule has 2 N–H and O–H groups in total. The average Bonchev–Trinajstić information content (AvgIpc) is 2.63. The fourth-order valence-electron chi connectivity index (χ4n) is 2.27. The maximum absolute atomic E-state index is 12.2. The van der Waals surface area contributed by atoms with Gasteiger partial charge in [0.25, 0.3) is 5.91 Å². The molecule has 0 aromatic heterocycles. The van der Waals surface area contributed by atoms with Gasteiger partial charge in [-0.3, -0.25) is 9.59 Å². The molecule has 0 saturated heterocycles. The van der Waals surface area contributed by atoms with Crippen molar-refractivity contribution < 1.29 is 27.5 Å². The molecule has 0 aliphatic heterocycles. The Morgan fingerprint density at radius 1 is 1.13 bits per heavy atom. The Balaban J connectivity index is 2.63. The van der Waals surface area contributed by atoms with E-state index in [-0.39, 0.29) is 29.0 Å². The van der Waals surface area contributed by atoms with Crippen molar-refractivity contribution in [1.29, 1.82) is 0 Å². The van der Waals surface area contributed by atoms with Crippen LogP contribution >= 0.6 is 0 Å². The Bertz CT molecular complexity index is 860. The largest absolute Gasteiger partial charge is 0.452 e. The highest BCUT2D eigenvalue weighted by molar-refractivity contribution is 7.89. The van der Waals surface area contributed by atoms with E-state index in [0.717, 1.165) is 4.90 Å². The number of amides is 2. The maximum Gasteiger partial charge on any atom is 0.338 e. The number of likely N-dealkylation sites (N-methyl/N-ethyl adjacent to an activating group) is 1. The summed E-state index contributed by atoms with van der Waals surface area (Å²) in [6.45, 7) is 8.39. The van der Waals surface area contributed by atoms with Crippen molar-refractivity contribution in [2.45, 2.75) is 57.5 Å². The second-order valence-electron chi connectivity index (χ2n) is 8.08. The van der Waals surface area contributed by atoms with E-state index in [2.05, 4.69) is 10.0 Å². The number of rotatable bonds is 9. The predicted octanol–water partition coefficient (Wildman–Crippen LogP) is 1.29. The number of carbonyl (C=O) groups is 3. The van der Waals surface area contributed by atoms with Gasteiger partial charge in [-0.1, -0.05) is 6.92 Å². The lowest BCUT2D eigenvalue weighted by molar-refractivity contribution is -0.137. The first-order valence-corrected chi connectivity index (χ1v) is 11.1. The van der Waals surface area contributed by atoms with Gasteiger partial charge in [-0.25, -0.2) is 17.9 Å². The van der Waals surface area contributed by atoms with Crippen molar-refractivity contribution in [3.05, 3.63) is 29.8 Å². The van der Waals surface area contributed by atoms with E-state index in [0.29, 0.717) is 6.42 Å². The second-order valence-corrected chi connectivity index (χ2v) is 9.79. The topological polar surface area (TPSA) is 122 Å². The number of nitrogens with one attached hydrogen (secondary N) is 2. The second kappa shape index (κ2) is 10.5. The van der Waals surface area contributed by atoms with Crippen molar-refractivity contribution in [3.8, 4) is 0 Å². The quantitative estimate of drug-likeness (QED) is 0.557. The monoisotopic (exact) mass is 441 g/mol. The molecule has 9 nitrogen and oxygen atoms in total. The highest BCUT2D eigenvalue weighted by atomic mass is 32.2. The molecule has 2 amide bonds. The standard InChI is InChI=1S/C20H31N3O6S/c1-7-14(2)22-30(27,28)16-10-8-15(9-11-16)19(26)29-13-18(25)23(6)12-17(24)21-20(3,4)5/h8-11,14,22H,7,12-13H2,1-6H3,(H,21,24). The Morgan fingerprint density at radius 3 is 2.20 bits per heavy atom. The zero-order valence-electron chi connectivity index (χ0n) is 18.3. The molecule has 1 rings (SSSR count). The molecule has 0 radical (unpaired) electrons. The summed E-state index contributed by atoms with van der Waals surface area (Å²) in [5, 5.41) is 2.73. The highest BCUT2D eigenvalue weighted by Crippen LogP contribution is 2.12. The molecule has 30 heavy (non-hydrogen) atoms. The number of sulfonamides is 1. The van der Waals surface area contributed by atoms with Crippen molar-refractivity contribution in [2.75, 3.05) is 20.2 Å². The first-order chi connectivity index (χ1) is 13.7. The van der Waals surface area contributed by atoms with Gasteiger partial charge < -0.3 is 15.0 Å². The SMILES string of the molecule is CCC(C)NS(=O)(=O)c1ccc(C(=O)OCC(=O)N(C)CC(=O)NC(C)(C)C)cc1. The van der Waals surface area contributed by atoms with Crippen LogP contribution in [-0.2, 0) is 24.3 Å². The van der Waals surface area contributed by atoms with Gasteiger partial charge in [0.2, 0.25) is 15.9 Å².